The summed E-state index contributed by atoms with van der Waals surface area (Å²) in [4.78, 5) is 0.342. The van der Waals surface area contributed by atoms with Crippen molar-refractivity contribution >= 4 is 15.7 Å². The van der Waals surface area contributed by atoms with Crippen molar-refractivity contribution in [3.63, 3.8) is 0 Å². The third kappa shape index (κ3) is 2.94. The van der Waals surface area contributed by atoms with Crippen LogP contribution in [0.2, 0.25) is 0 Å². The summed E-state index contributed by atoms with van der Waals surface area (Å²) >= 11 is 0. The van der Waals surface area contributed by atoms with E-state index in [-0.39, 0.29) is 6.10 Å². The molecule has 1 heterocycles. The molecule has 0 saturated carbocycles. The van der Waals surface area contributed by atoms with Crippen LogP contribution in [-0.2, 0) is 14.8 Å². The minimum absolute atomic E-state index is 0.0102. The number of sulfonamides is 1. The van der Waals surface area contributed by atoms with Crippen LogP contribution in [0, 0.1) is 6.92 Å². The lowest BCUT2D eigenvalue weighted by molar-refractivity contribution is 0.412. The smallest absolute Gasteiger partial charge is 0.264 e. The number of benzene rings is 2. The van der Waals surface area contributed by atoms with Crippen molar-refractivity contribution in [1.82, 2.24) is 0 Å². The number of aryl methyl sites for hydroxylation is 1. The molecule has 0 bridgehead atoms. The summed E-state index contributed by atoms with van der Waals surface area (Å²) in [5.74, 6) is 0. The van der Waals surface area contributed by atoms with Crippen molar-refractivity contribution in [2.24, 2.45) is 0 Å². The van der Waals surface area contributed by atoms with E-state index in [0.717, 1.165) is 5.56 Å². The topological polar surface area (TPSA) is 49.9 Å². The largest absolute Gasteiger partial charge is 0.371 e. The third-order valence-corrected chi connectivity index (χ3v) is 5.43. The van der Waals surface area contributed by atoms with Gasteiger partial charge in [-0.2, -0.15) is 0 Å². The van der Waals surface area contributed by atoms with Gasteiger partial charge in [0, 0.05) is 0 Å². The van der Waals surface area contributed by atoms with Crippen LogP contribution in [0.4, 0.5) is 5.69 Å². The van der Waals surface area contributed by atoms with E-state index in [1.807, 2.05) is 37.3 Å². The average molecular weight is 303 g/mol. The van der Waals surface area contributed by atoms with Gasteiger partial charge in [-0.15, -0.1) is 0 Å². The zero-order valence-corrected chi connectivity index (χ0v) is 12.6. The zero-order chi connectivity index (χ0) is 14.9. The maximum absolute atomic E-state index is 13.0. The molecule has 1 unspecified atom stereocenters. The van der Waals surface area contributed by atoms with Gasteiger partial charge in [0.2, 0.25) is 0 Å². The molecule has 0 N–H and O–H groups in total. The highest BCUT2D eigenvalue weighted by atomic mass is 32.2. The molecule has 0 aliphatic carbocycles. The molecule has 0 radical (unpaired) electrons. The van der Waals surface area contributed by atoms with Crippen molar-refractivity contribution in [2.45, 2.75) is 17.9 Å². The summed E-state index contributed by atoms with van der Waals surface area (Å²) in [5.41, 5.74) is 1.41. The Kier molecular flexibility index (Phi) is 3.69. The molecular formula is C16H17NO3S. The lowest BCUT2D eigenvalue weighted by atomic mass is 10.2. The Bertz CT molecular complexity index is 724. The zero-order valence-electron chi connectivity index (χ0n) is 11.8. The van der Waals surface area contributed by atoms with Crippen LogP contribution in [0.5, 0.6) is 0 Å². The number of hydrogen-bond donors (Lipinski definition) is 0. The van der Waals surface area contributed by atoms with Crippen LogP contribution in [-0.4, -0.2) is 27.7 Å². The van der Waals surface area contributed by atoms with Crippen LogP contribution in [0.15, 0.2) is 59.5 Å². The highest BCUT2D eigenvalue weighted by Gasteiger charge is 2.33. The molecule has 1 saturated heterocycles. The van der Waals surface area contributed by atoms with Crippen LogP contribution in [0.25, 0.3) is 0 Å². The second-order valence-corrected chi connectivity index (χ2v) is 6.92. The molecule has 1 aliphatic heterocycles. The Morgan fingerprint density at radius 1 is 1.10 bits per heavy atom. The average Bonchev–Trinajstić information content (AvgIpc) is 3.30. The Balaban J connectivity index is 2.05. The number of ether oxygens (including phenoxy) is 1. The second kappa shape index (κ2) is 5.50. The molecule has 0 aromatic heterocycles. The van der Waals surface area contributed by atoms with Crippen LogP contribution in [0.3, 0.4) is 0 Å². The van der Waals surface area contributed by atoms with E-state index in [2.05, 4.69) is 0 Å². The van der Waals surface area contributed by atoms with Crippen molar-refractivity contribution in [3.8, 4) is 0 Å². The van der Waals surface area contributed by atoms with Gasteiger partial charge in [0.15, 0.2) is 0 Å². The second-order valence-electron chi connectivity index (χ2n) is 5.09. The maximum atomic E-state index is 13.0. The van der Waals surface area contributed by atoms with E-state index >= 15 is 0 Å². The van der Waals surface area contributed by atoms with Crippen molar-refractivity contribution in [2.75, 3.05) is 17.5 Å². The summed E-state index contributed by atoms with van der Waals surface area (Å²) in [6.07, 6.45) is -0.0102. The number of epoxide rings is 1. The minimum Gasteiger partial charge on any atom is -0.371 e. The minimum atomic E-state index is -3.59. The summed E-state index contributed by atoms with van der Waals surface area (Å²) in [7, 11) is -3.59. The Hall–Kier alpha value is -1.85. The first kappa shape index (κ1) is 14.1. The number of nitrogens with zero attached hydrogens (tertiary/aromatic N) is 1. The van der Waals surface area contributed by atoms with Gasteiger partial charge in [-0.25, -0.2) is 8.42 Å². The van der Waals surface area contributed by atoms with Crippen LogP contribution >= 0.6 is 0 Å². The Labute approximate surface area is 125 Å². The van der Waals surface area contributed by atoms with Crippen molar-refractivity contribution in [1.29, 1.82) is 0 Å². The number of para-hydroxylation sites is 1. The number of rotatable bonds is 5. The van der Waals surface area contributed by atoms with Crippen molar-refractivity contribution < 1.29 is 13.2 Å². The fraction of sp³-hybridized carbons (Fsp3) is 0.250. The summed E-state index contributed by atoms with van der Waals surface area (Å²) in [6.45, 7) is 2.77. The van der Waals surface area contributed by atoms with Gasteiger partial charge >= 0.3 is 0 Å². The molecule has 1 fully saturated rings. The van der Waals surface area contributed by atoms with E-state index in [1.54, 1.807) is 24.3 Å². The maximum Gasteiger partial charge on any atom is 0.264 e. The number of hydrogen-bond acceptors (Lipinski definition) is 3. The summed E-state index contributed by atoms with van der Waals surface area (Å²) in [5, 5.41) is 0. The molecule has 0 spiro atoms. The molecular weight excluding hydrogens is 286 g/mol. The highest BCUT2D eigenvalue weighted by molar-refractivity contribution is 7.92. The lowest BCUT2D eigenvalue weighted by Crippen LogP contribution is -2.34. The first-order chi connectivity index (χ1) is 10.1. The van der Waals surface area contributed by atoms with Gasteiger partial charge in [-0.05, 0) is 30.7 Å². The van der Waals surface area contributed by atoms with E-state index < -0.39 is 10.0 Å². The lowest BCUT2D eigenvalue weighted by Gasteiger charge is -2.24. The van der Waals surface area contributed by atoms with Gasteiger partial charge in [0.1, 0.15) is 0 Å². The fourth-order valence-corrected chi connectivity index (χ4v) is 3.98. The fourth-order valence-electron chi connectivity index (χ4n) is 2.26. The molecule has 0 amide bonds. The predicted octanol–water partition coefficient (Wildman–Crippen LogP) is 2.59. The molecule has 21 heavy (non-hydrogen) atoms. The Morgan fingerprint density at radius 3 is 2.33 bits per heavy atom. The normalized spacial score (nSPS) is 17.5. The molecule has 2 aromatic rings. The van der Waals surface area contributed by atoms with Crippen LogP contribution < -0.4 is 4.31 Å². The quantitative estimate of drug-likeness (QED) is 0.798. The first-order valence-electron chi connectivity index (χ1n) is 6.84. The predicted molar refractivity (Wildman–Crippen MR) is 81.9 cm³/mol. The van der Waals surface area contributed by atoms with Gasteiger partial charge in [-0.1, -0.05) is 36.4 Å². The van der Waals surface area contributed by atoms with Crippen molar-refractivity contribution in [3.05, 3.63) is 60.2 Å². The molecule has 1 atom stereocenters. The first-order valence-corrected chi connectivity index (χ1v) is 8.28. The van der Waals surface area contributed by atoms with Gasteiger partial charge in [-0.3, -0.25) is 4.31 Å². The molecule has 110 valence electrons. The van der Waals surface area contributed by atoms with E-state index in [1.165, 1.54) is 4.31 Å². The summed E-state index contributed by atoms with van der Waals surface area (Å²) < 4.78 is 32.6. The van der Waals surface area contributed by atoms with Gasteiger partial charge < -0.3 is 4.74 Å². The summed E-state index contributed by atoms with van der Waals surface area (Å²) in [6, 6.07) is 16.2. The van der Waals surface area contributed by atoms with Gasteiger partial charge in [0.25, 0.3) is 10.0 Å². The van der Waals surface area contributed by atoms with E-state index in [9.17, 15) is 8.42 Å². The number of anilines is 1. The highest BCUT2D eigenvalue weighted by Crippen LogP contribution is 2.27. The Morgan fingerprint density at radius 2 is 1.71 bits per heavy atom. The molecule has 4 nitrogen and oxygen atoms in total. The van der Waals surface area contributed by atoms with Crippen LogP contribution in [0.1, 0.15) is 5.56 Å². The standard InChI is InChI=1S/C16H17NO3S/c1-13-7-5-6-10-16(13)21(18,19)17(11-15-12-20-15)14-8-3-2-4-9-14/h2-10,15H,11-12H2,1H3. The third-order valence-electron chi connectivity index (χ3n) is 3.48. The molecule has 2 aromatic carbocycles. The molecule has 1 aliphatic rings. The van der Waals surface area contributed by atoms with Gasteiger partial charge in [0.05, 0.1) is 29.8 Å². The molecule has 3 rings (SSSR count). The monoisotopic (exact) mass is 303 g/mol. The van der Waals surface area contributed by atoms with E-state index in [0.29, 0.717) is 23.7 Å². The molecule has 5 heteroatoms. The van der Waals surface area contributed by atoms with E-state index in [4.69, 9.17) is 4.74 Å². The SMILES string of the molecule is Cc1ccccc1S(=O)(=O)N(CC1CO1)c1ccccc1.